The molecule has 18 heavy (non-hydrogen) atoms. The molecule has 0 unspecified atom stereocenters. The van der Waals surface area contributed by atoms with Crippen molar-refractivity contribution in [3.8, 4) is 0 Å². The zero-order chi connectivity index (χ0) is 13.0. The van der Waals surface area contributed by atoms with Crippen LogP contribution in [0, 0.1) is 10.1 Å². The summed E-state index contributed by atoms with van der Waals surface area (Å²) >= 11 is 3.14. The van der Waals surface area contributed by atoms with Crippen molar-refractivity contribution in [2.75, 3.05) is 0 Å². The summed E-state index contributed by atoms with van der Waals surface area (Å²) in [5, 5.41) is 27.2. The summed E-state index contributed by atoms with van der Waals surface area (Å²) in [6.07, 6.45) is 0. The minimum atomic E-state index is -0.424. The van der Waals surface area contributed by atoms with Gasteiger partial charge >= 0.3 is 0 Å². The molecule has 0 saturated heterocycles. The van der Waals surface area contributed by atoms with Gasteiger partial charge in [-0.2, -0.15) is 5.21 Å². The number of hydrogen-bond acceptors (Lipinski definition) is 6. The summed E-state index contributed by atoms with van der Waals surface area (Å²) in [6, 6.07) is 4.98. The van der Waals surface area contributed by atoms with Crippen LogP contribution in [0.25, 0.3) is 0 Å². The summed E-state index contributed by atoms with van der Waals surface area (Å²) in [4.78, 5) is 10.3. The maximum absolute atomic E-state index is 10.8. The van der Waals surface area contributed by atoms with Gasteiger partial charge in [0.05, 0.1) is 15.9 Å². The highest BCUT2D eigenvalue weighted by atomic mass is 79.9. The Kier molecular flexibility index (Phi) is 3.95. The lowest BCUT2D eigenvalue weighted by atomic mass is 10.2. The minimum Gasteiger partial charge on any atom is -0.306 e. The molecule has 1 aromatic carbocycles. The van der Waals surface area contributed by atoms with Gasteiger partial charge in [-0.3, -0.25) is 10.1 Å². The third kappa shape index (κ3) is 3.08. The zero-order valence-electron chi connectivity index (χ0n) is 9.13. The molecular formula is C9H9BrN6O2. The van der Waals surface area contributed by atoms with Crippen LogP contribution in [0.1, 0.15) is 11.4 Å². The van der Waals surface area contributed by atoms with E-state index in [0.717, 1.165) is 5.56 Å². The molecule has 9 heteroatoms. The van der Waals surface area contributed by atoms with E-state index < -0.39 is 4.92 Å². The predicted molar refractivity (Wildman–Crippen MR) is 65.5 cm³/mol. The monoisotopic (exact) mass is 312 g/mol. The lowest BCUT2D eigenvalue weighted by Gasteiger charge is -2.03. The standard InChI is InChI=1S/C9H9BrN6O2/c10-7-2-1-6(3-8(7)16(17)18)4-11-5-9-12-14-15-13-9/h1-3,11H,4-5H2,(H,12,13,14,15). The van der Waals surface area contributed by atoms with Gasteiger partial charge in [-0.05, 0) is 27.6 Å². The normalized spacial score (nSPS) is 10.5. The highest BCUT2D eigenvalue weighted by Crippen LogP contribution is 2.25. The van der Waals surface area contributed by atoms with Gasteiger partial charge < -0.3 is 5.32 Å². The Hall–Kier alpha value is -1.87. The average Bonchev–Trinajstić information content (AvgIpc) is 2.84. The molecule has 0 radical (unpaired) electrons. The average molecular weight is 313 g/mol. The molecular weight excluding hydrogens is 304 g/mol. The van der Waals surface area contributed by atoms with Gasteiger partial charge in [0, 0.05) is 12.6 Å². The molecule has 2 N–H and O–H groups in total. The lowest BCUT2D eigenvalue weighted by molar-refractivity contribution is -0.385. The molecule has 0 atom stereocenters. The van der Waals surface area contributed by atoms with Crippen LogP contribution >= 0.6 is 15.9 Å². The molecule has 0 saturated carbocycles. The molecule has 8 nitrogen and oxygen atoms in total. The molecule has 1 heterocycles. The number of nitrogens with one attached hydrogen (secondary N) is 2. The van der Waals surface area contributed by atoms with Gasteiger partial charge in [-0.25, -0.2) is 0 Å². The fourth-order valence-electron chi connectivity index (χ4n) is 1.38. The number of aromatic amines is 1. The van der Waals surface area contributed by atoms with Gasteiger partial charge in [-0.1, -0.05) is 11.3 Å². The SMILES string of the molecule is O=[N+]([O-])c1cc(CNCc2nn[nH]n2)ccc1Br. The lowest BCUT2D eigenvalue weighted by Crippen LogP contribution is -2.14. The van der Waals surface area contributed by atoms with Gasteiger partial charge in [0.15, 0.2) is 5.82 Å². The highest BCUT2D eigenvalue weighted by molar-refractivity contribution is 9.10. The molecule has 2 rings (SSSR count). The number of halogens is 1. The van der Waals surface area contributed by atoms with E-state index in [0.29, 0.717) is 23.4 Å². The first-order valence-electron chi connectivity index (χ1n) is 5.02. The maximum atomic E-state index is 10.8. The van der Waals surface area contributed by atoms with E-state index in [9.17, 15) is 10.1 Å². The summed E-state index contributed by atoms with van der Waals surface area (Å²) in [7, 11) is 0. The Morgan fingerprint density at radius 1 is 1.44 bits per heavy atom. The van der Waals surface area contributed by atoms with E-state index in [1.807, 2.05) is 0 Å². The Morgan fingerprint density at radius 3 is 2.94 bits per heavy atom. The molecule has 1 aromatic heterocycles. The van der Waals surface area contributed by atoms with Crippen molar-refractivity contribution in [3.05, 3.63) is 44.2 Å². The van der Waals surface area contributed by atoms with Crippen LogP contribution < -0.4 is 5.32 Å². The van der Waals surface area contributed by atoms with Crippen molar-refractivity contribution < 1.29 is 4.92 Å². The van der Waals surface area contributed by atoms with Gasteiger partial charge in [-0.15, -0.1) is 10.2 Å². The summed E-state index contributed by atoms with van der Waals surface area (Å²) in [6.45, 7) is 0.934. The number of H-pyrrole nitrogens is 1. The fourth-order valence-corrected chi connectivity index (χ4v) is 1.78. The first kappa shape index (κ1) is 12.6. The number of tetrazole rings is 1. The van der Waals surface area contributed by atoms with E-state index in [1.165, 1.54) is 6.07 Å². The molecule has 0 aliphatic rings. The van der Waals surface area contributed by atoms with Crippen LogP contribution in [0.5, 0.6) is 0 Å². The summed E-state index contributed by atoms with van der Waals surface area (Å²) in [5.74, 6) is 0.543. The number of nitro benzene ring substituents is 1. The molecule has 0 spiro atoms. The second kappa shape index (κ2) is 5.65. The minimum absolute atomic E-state index is 0.0499. The van der Waals surface area contributed by atoms with E-state index in [-0.39, 0.29) is 5.69 Å². The molecule has 0 aliphatic carbocycles. The van der Waals surface area contributed by atoms with Crippen molar-refractivity contribution in [3.63, 3.8) is 0 Å². The molecule has 0 amide bonds. The van der Waals surface area contributed by atoms with Crippen molar-refractivity contribution in [1.82, 2.24) is 25.9 Å². The van der Waals surface area contributed by atoms with E-state index in [4.69, 9.17) is 0 Å². The zero-order valence-corrected chi connectivity index (χ0v) is 10.7. The van der Waals surface area contributed by atoms with Gasteiger partial charge in [0.25, 0.3) is 5.69 Å². The number of benzene rings is 1. The van der Waals surface area contributed by atoms with Crippen LogP contribution in [-0.2, 0) is 13.1 Å². The number of nitro groups is 1. The number of hydrogen-bond donors (Lipinski definition) is 2. The Labute approximate surface area is 110 Å². The fraction of sp³-hybridized carbons (Fsp3) is 0.222. The van der Waals surface area contributed by atoms with Crippen molar-refractivity contribution in [2.45, 2.75) is 13.1 Å². The van der Waals surface area contributed by atoms with Crippen molar-refractivity contribution >= 4 is 21.6 Å². The first-order chi connectivity index (χ1) is 8.66. The van der Waals surface area contributed by atoms with E-state index in [2.05, 4.69) is 41.9 Å². The third-order valence-electron chi connectivity index (χ3n) is 2.21. The van der Waals surface area contributed by atoms with Crippen LogP contribution in [0.15, 0.2) is 22.7 Å². The number of aromatic nitrogens is 4. The second-order valence-corrected chi connectivity index (χ2v) is 4.33. The van der Waals surface area contributed by atoms with Crippen LogP contribution in [0.2, 0.25) is 0 Å². The quantitative estimate of drug-likeness (QED) is 0.633. The second-order valence-electron chi connectivity index (χ2n) is 3.47. The van der Waals surface area contributed by atoms with Crippen molar-refractivity contribution in [1.29, 1.82) is 0 Å². The van der Waals surface area contributed by atoms with Crippen LogP contribution in [-0.4, -0.2) is 25.5 Å². The molecule has 0 bridgehead atoms. The highest BCUT2D eigenvalue weighted by Gasteiger charge is 2.12. The van der Waals surface area contributed by atoms with E-state index in [1.54, 1.807) is 12.1 Å². The molecule has 0 fully saturated rings. The summed E-state index contributed by atoms with van der Waals surface area (Å²) < 4.78 is 0.467. The number of rotatable bonds is 5. The smallest absolute Gasteiger partial charge is 0.283 e. The summed E-state index contributed by atoms with van der Waals surface area (Å²) in [5.41, 5.74) is 0.863. The molecule has 94 valence electrons. The number of nitrogens with zero attached hydrogens (tertiary/aromatic N) is 4. The molecule has 2 aromatic rings. The van der Waals surface area contributed by atoms with Crippen molar-refractivity contribution in [2.24, 2.45) is 0 Å². The predicted octanol–water partition coefficient (Wildman–Crippen LogP) is 1.16. The first-order valence-corrected chi connectivity index (χ1v) is 5.82. The third-order valence-corrected chi connectivity index (χ3v) is 2.88. The Balaban J connectivity index is 1.97. The van der Waals surface area contributed by atoms with Crippen LogP contribution in [0.3, 0.4) is 0 Å². The largest absolute Gasteiger partial charge is 0.306 e. The van der Waals surface area contributed by atoms with Gasteiger partial charge in [0.1, 0.15) is 0 Å². The van der Waals surface area contributed by atoms with Gasteiger partial charge in [0.2, 0.25) is 0 Å². The Bertz CT molecular complexity index is 544. The molecule has 0 aliphatic heterocycles. The van der Waals surface area contributed by atoms with E-state index >= 15 is 0 Å². The topological polar surface area (TPSA) is 110 Å². The maximum Gasteiger partial charge on any atom is 0.283 e. The Morgan fingerprint density at radius 2 is 2.28 bits per heavy atom. The van der Waals surface area contributed by atoms with Crippen LogP contribution in [0.4, 0.5) is 5.69 Å².